The number of hydrogen-bond donors (Lipinski definition) is 2. The van der Waals surface area contributed by atoms with Crippen molar-refractivity contribution >= 4 is 29.1 Å². The molecule has 3 rings (SSSR count). The zero-order valence-electron chi connectivity index (χ0n) is 13.8. The van der Waals surface area contributed by atoms with Gasteiger partial charge in [0, 0.05) is 30.0 Å². The van der Waals surface area contributed by atoms with E-state index in [0.717, 1.165) is 33.2 Å². The van der Waals surface area contributed by atoms with Gasteiger partial charge in [-0.15, -0.1) is 0 Å². The van der Waals surface area contributed by atoms with E-state index in [1.165, 1.54) is 0 Å². The number of aromatic nitrogens is 3. The van der Waals surface area contributed by atoms with E-state index in [0.29, 0.717) is 11.8 Å². The summed E-state index contributed by atoms with van der Waals surface area (Å²) in [4.78, 5) is 13.3. The first-order chi connectivity index (χ1) is 11.6. The maximum Gasteiger partial charge on any atom is 0.225 e. The molecule has 2 heterocycles. The summed E-state index contributed by atoms with van der Waals surface area (Å²) >= 11 is 6.11. The molecule has 24 heavy (non-hydrogen) atoms. The van der Waals surface area contributed by atoms with E-state index in [1.807, 2.05) is 50.2 Å². The lowest BCUT2D eigenvalue weighted by Gasteiger charge is -2.14. The third kappa shape index (κ3) is 3.46. The second kappa shape index (κ2) is 6.84. The molecule has 0 saturated heterocycles. The Labute approximate surface area is 146 Å². The Bertz CT molecular complexity index is 842. The normalized spacial score (nSPS) is 10.5. The highest BCUT2D eigenvalue weighted by Gasteiger charge is 2.10. The number of anilines is 3. The molecule has 1 aromatic carbocycles. The van der Waals surface area contributed by atoms with Crippen LogP contribution in [0.4, 0.5) is 17.5 Å². The van der Waals surface area contributed by atoms with Crippen LogP contribution in [0.15, 0.2) is 42.6 Å². The quantitative estimate of drug-likeness (QED) is 0.727. The highest BCUT2D eigenvalue weighted by Crippen LogP contribution is 2.28. The Morgan fingerprint density at radius 3 is 2.33 bits per heavy atom. The van der Waals surface area contributed by atoms with Crippen molar-refractivity contribution < 1.29 is 0 Å². The van der Waals surface area contributed by atoms with Gasteiger partial charge in [0.25, 0.3) is 0 Å². The van der Waals surface area contributed by atoms with Crippen molar-refractivity contribution in [3.8, 4) is 11.4 Å². The number of nitrogens with one attached hydrogen (secondary N) is 2. The van der Waals surface area contributed by atoms with Crippen LogP contribution in [0.2, 0.25) is 5.02 Å². The van der Waals surface area contributed by atoms with Crippen molar-refractivity contribution in [1.82, 2.24) is 15.0 Å². The van der Waals surface area contributed by atoms with Crippen molar-refractivity contribution in [3.05, 3.63) is 58.7 Å². The molecule has 0 spiro atoms. The van der Waals surface area contributed by atoms with Crippen LogP contribution >= 0.6 is 11.6 Å². The summed E-state index contributed by atoms with van der Waals surface area (Å²) in [6.45, 7) is 4.03. The Morgan fingerprint density at radius 1 is 0.958 bits per heavy atom. The smallest absolute Gasteiger partial charge is 0.225 e. The zero-order valence-corrected chi connectivity index (χ0v) is 14.5. The van der Waals surface area contributed by atoms with Crippen molar-refractivity contribution in [1.29, 1.82) is 0 Å². The Hall–Kier alpha value is -2.66. The molecule has 2 aromatic heterocycles. The lowest BCUT2D eigenvalue weighted by Crippen LogP contribution is -2.04. The molecule has 0 atom stereocenters. The van der Waals surface area contributed by atoms with E-state index in [2.05, 4.69) is 25.6 Å². The number of rotatable bonds is 4. The van der Waals surface area contributed by atoms with Gasteiger partial charge in [-0.3, -0.25) is 4.98 Å². The van der Waals surface area contributed by atoms with E-state index < -0.39 is 0 Å². The number of nitrogens with zero attached hydrogens (tertiary/aromatic N) is 3. The summed E-state index contributed by atoms with van der Waals surface area (Å²) in [6, 6.07) is 11.5. The van der Waals surface area contributed by atoms with Gasteiger partial charge in [0.1, 0.15) is 5.82 Å². The largest absolute Gasteiger partial charge is 0.357 e. The molecule has 0 bridgehead atoms. The molecule has 0 aliphatic rings. The number of halogens is 1. The SMILES string of the molecule is CNc1nc(Nc2c(C)cc(Cl)cc2C)cc(-c2ccccn2)n1. The van der Waals surface area contributed by atoms with E-state index >= 15 is 0 Å². The average molecular weight is 340 g/mol. The highest BCUT2D eigenvalue weighted by atomic mass is 35.5. The first-order valence-corrected chi connectivity index (χ1v) is 7.96. The number of hydrogen-bond acceptors (Lipinski definition) is 5. The van der Waals surface area contributed by atoms with Crippen LogP contribution in [-0.4, -0.2) is 22.0 Å². The summed E-state index contributed by atoms with van der Waals surface area (Å²) < 4.78 is 0. The van der Waals surface area contributed by atoms with Crippen molar-refractivity contribution in [2.45, 2.75) is 13.8 Å². The van der Waals surface area contributed by atoms with Gasteiger partial charge in [-0.05, 0) is 49.2 Å². The molecule has 0 aliphatic heterocycles. The topological polar surface area (TPSA) is 62.7 Å². The second-order valence-corrected chi connectivity index (χ2v) is 5.90. The second-order valence-electron chi connectivity index (χ2n) is 5.47. The van der Waals surface area contributed by atoms with Crippen molar-refractivity contribution in [2.24, 2.45) is 0 Å². The Balaban J connectivity index is 2.03. The van der Waals surface area contributed by atoms with Crippen molar-refractivity contribution in [3.63, 3.8) is 0 Å². The molecule has 3 aromatic rings. The van der Waals surface area contributed by atoms with E-state index in [1.54, 1.807) is 13.2 Å². The first-order valence-electron chi connectivity index (χ1n) is 7.59. The first kappa shape index (κ1) is 16.2. The van der Waals surface area contributed by atoms with Crippen LogP contribution in [0, 0.1) is 13.8 Å². The van der Waals surface area contributed by atoms with Crippen LogP contribution in [0.3, 0.4) is 0 Å². The molecule has 0 unspecified atom stereocenters. The van der Waals surface area contributed by atoms with E-state index in [9.17, 15) is 0 Å². The minimum absolute atomic E-state index is 0.532. The minimum atomic E-state index is 0.532. The van der Waals surface area contributed by atoms with E-state index in [-0.39, 0.29) is 0 Å². The average Bonchev–Trinajstić information content (AvgIpc) is 2.58. The zero-order chi connectivity index (χ0) is 17.1. The summed E-state index contributed by atoms with van der Waals surface area (Å²) in [5.41, 5.74) is 4.66. The van der Waals surface area contributed by atoms with E-state index in [4.69, 9.17) is 11.6 Å². The molecule has 0 saturated carbocycles. The van der Waals surface area contributed by atoms with Gasteiger partial charge in [0.2, 0.25) is 5.95 Å². The highest BCUT2D eigenvalue weighted by molar-refractivity contribution is 6.30. The number of aryl methyl sites for hydroxylation is 2. The molecule has 0 amide bonds. The fourth-order valence-corrected chi connectivity index (χ4v) is 2.83. The Morgan fingerprint density at radius 2 is 1.71 bits per heavy atom. The molecule has 122 valence electrons. The van der Waals surface area contributed by atoms with Crippen LogP contribution in [0.25, 0.3) is 11.4 Å². The predicted octanol–water partition coefficient (Wildman–Crippen LogP) is 4.59. The van der Waals surface area contributed by atoms with Crippen LogP contribution in [0.1, 0.15) is 11.1 Å². The van der Waals surface area contributed by atoms with Gasteiger partial charge in [0.05, 0.1) is 11.4 Å². The van der Waals surface area contributed by atoms with Gasteiger partial charge < -0.3 is 10.6 Å². The van der Waals surface area contributed by atoms with Crippen molar-refractivity contribution in [2.75, 3.05) is 17.7 Å². The summed E-state index contributed by atoms with van der Waals surface area (Å²) in [5.74, 6) is 1.23. The van der Waals surface area contributed by atoms with Gasteiger partial charge in [-0.25, -0.2) is 4.98 Å². The predicted molar refractivity (Wildman–Crippen MR) is 99.0 cm³/mol. The van der Waals surface area contributed by atoms with Gasteiger partial charge in [-0.1, -0.05) is 17.7 Å². The minimum Gasteiger partial charge on any atom is -0.357 e. The molecule has 0 radical (unpaired) electrons. The Kier molecular flexibility index (Phi) is 4.62. The van der Waals surface area contributed by atoms with Crippen LogP contribution in [0.5, 0.6) is 0 Å². The fraction of sp³-hybridized carbons (Fsp3) is 0.167. The third-order valence-corrected chi connectivity index (χ3v) is 3.85. The number of pyridine rings is 1. The number of benzene rings is 1. The molecular weight excluding hydrogens is 322 g/mol. The summed E-state index contributed by atoms with van der Waals surface area (Å²) in [7, 11) is 1.79. The lowest BCUT2D eigenvalue weighted by molar-refractivity contribution is 1.14. The van der Waals surface area contributed by atoms with Gasteiger partial charge in [0.15, 0.2) is 0 Å². The monoisotopic (exact) mass is 339 g/mol. The standard InChI is InChI=1S/C18H18ClN5/c1-11-8-13(19)9-12(2)17(11)23-16-10-15(22-18(20-3)24-16)14-6-4-5-7-21-14/h4-10H,1-3H3,(H2,20,22,23,24). The summed E-state index contributed by atoms with van der Waals surface area (Å²) in [5, 5.41) is 7.09. The molecule has 2 N–H and O–H groups in total. The molecular formula is C18H18ClN5. The van der Waals surface area contributed by atoms with Gasteiger partial charge >= 0.3 is 0 Å². The van der Waals surface area contributed by atoms with Gasteiger partial charge in [-0.2, -0.15) is 4.98 Å². The molecule has 6 heteroatoms. The molecule has 0 fully saturated rings. The lowest BCUT2D eigenvalue weighted by atomic mass is 10.1. The maximum absolute atomic E-state index is 6.11. The maximum atomic E-state index is 6.11. The summed E-state index contributed by atoms with van der Waals surface area (Å²) in [6.07, 6.45) is 1.75. The molecule has 5 nitrogen and oxygen atoms in total. The molecule has 0 aliphatic carbocycles. The fourth-order valence-electron chi connectivity index (χ4n) is 2.50. The van der Waals surface area contributed by atoms with Crippen LogP contribution in [-0.2, 0) is 0 Å². The van der Waals surface area contributed by atoms with Crippen LogP contribution < -0.4 is 10.6 Å². The third-order valence-electron chi connectivity index (χ3n) is 3.63.